The number of hydrogen-bond donors (Lipinski definition) is 0. The monoisotopic (exact) mass is 517 g/mol. The summed E-state index contributed by atoms with van der Waals surface area (Å²) in [6.45, 7) is 4.99. The van der Waals surface area contributed by atoms with Crippen LogP contribution in [0.5, 0.6) is 0 Å². The molecule has 7 nitrogen and oxygen atoms in total. The van der Waals surface area contributed by atoms with E-state index in [0.717, 1.165) is 5.56 Å². The number of rotatable bonds is 11. The van der Waals surface area contributed by atoms with E-state index in [1.807, 2.05) is 25.1 Å². The number of carbonyl (C=O) groups excluding carboxylic acids is 2. The molecule has 2 amide bonds. The standard InChI is InChI=1S/C27H36FN3O4S/c1-3-16-30(36(34,35)19-4-2)21-26(32)31(20-22-10-12-24(28)13-11-22)25-14-17-29(18-15-25)27(33)23-8-6-5-7-9-23/h5-13,25H,3-4,14-21H2,1-2H3. The molecule has 9 heteroatoms. The Morgan fingerprint density at radius 1 is 0.972 bits per heavy atom. The van der Waals surface area contributed by atoms with Crippen molar-refractivity contribution in [2.24, 2.45) is 0 Å². The Kier molecular flexibility index (Phi) is 10.0. The van der Waals surface area contributed by atoms with Crippen LogP contribution in [0.15, 0.2) is 54.6 Å². The predicted molar refractivity (Wildman–Crippen MR) is 138 cm³/mol. The molecule has 0 bridgehead atoms. The summed E-state index contributed by atoms with van der Waals surface area (Å²) in [5.41, 5.74) is 1.40. The molecule has 196 valence electrons. The van der Waals surface area contributed by atoms with Crippen molar-refractivity contribution < 1.29 is 22.4 Å². The van der Waals surface area contributed by atoms with Crippen molar-refractivity contribution >= 4 is 21.8 Å². The Labute approximate surface area is 213 Å². The lowest BCUT2D eigenvalue weighted by Gasteiger charge is -2.39. The highest BCUT2D eigenvalue weighted by atomic mass is 32.2. The van der Waals surface area contributed by atoms with Gasteiger partial charge in [-0.3, -0.25) is 9.59 Å². The predicted octanol–water partition coefficient (Wildman–Crippen LogP) is 3.91. The summed E-state index contributed by atoms with van der Waals surface area (Å²) in [7, 11) is -3.54. The maximum atomic E-state index is 13.6. The van der Waals surface area contributed by atoms with Crippen LogP contribution in [-0.4, -0.2) is 72.3 Å². The average Bonchev–Trinajstić information content (AvgIpc) is 2.88. The molecule has 0 aliphatic carbocycles. The van der Waals surface area contributed by atoms with Crippen molar-refractivity contribution in [3.63, 3.8) is 0 Å². The van der Waals surface area contributed by atoms with E-state index in [1.54, 1.807) is 41.0 Å². The molecule has 2 aromatic carbocycles. The van der Waals surface area contributed by atoms with Crippen LogP contribution in [0.25, 0.3) is 0 Å². The zero-order valence-corrected chi connectivity index (χ0v) is 21.9. The topological polar surface area (TPSA) is 78.0 Å². The molecule has 0 N–H and O–H groups in total. The smallest absolute Gasteiger partial charge is 0.253 e. The number of sulfonamides is 1. The Balaban J connectivity index is 1.76. The van der Waals surface area contributed by atoms with Gasteiger partial charge in [-0.25, -0.2) is 12.8 Å². The van der Waals surface area contributed by atoms with E-state index in [1.165, 1.54) is 16.4 Å². The highest BCUT2D eigenvalue weighted by molar-refractivity contribution is 7.89. The number of amides is 2. The summed E-state index contributed by atoms with van der Waals surface area (Å²) in [4.78, 5) is 29.9. The minimum Gasteiger partial charge on any atom is -0.338 e. The molecule has 36 heavy (non-hydrogen) atoms. The molecule has 1 heterocycles. The van der Waals surface area contributed by atoms with Crippen LogP contribution in [0.2, 0.25) is 0 Å². The van der Waals surface area contributed by atoms with E-state index in [0.29, 0.717) is 44.3 Å². The molecule has 1 fully saturated rings. The number of halogens is 1. The van der Waals surface area contributed by atoms with Gasteiger partial charge >= 0.3 is 0 Å². The minimum atomic E-state index is -3.54. The van der Waals surface area contributed by atoms with E-state index >= 15 is 0 Å². The SMILES string of the molecule is CCCN(CC(=O)N(Cc1ccc(F)cc1)C1CCN(C(=O)c2ccccc2)CC1)S(=O)(=O)CCC. The summed E-state index contributed by atoms with van der Waals surface area (Å²) in [5, 5.41) is 0. The Morgan fingerprint density at radius 3 is 2.19 bits per heavy atom. The number of hydrogen-bond acceptors (Lipinski definition) is 4. The van der Waals surface area contributed by atoms with Gasteiger partial charge < -0.3 is 9.80 Å². The molecule has 1 aliphatic rings. The maximum absolute atomic E-state index is 13.6. The van der Waals surface area contributed by atoms with Gasteiger partial charge in [0.2, 0.25) is 15.9 Å². The molecule has 3 rings (SSSR count). The number of benzene rings is 2. The summed E-state index contributed by atoms with van der Waals surface area (Å²) < 4.78 is 40.3. The first-order chi connectivity index (χ1) is 17.2. The van der Waals surface area contributed by atoms with Gasteiger partial charge in [-0.15, -0.1) is 0 Å². The van der Waals surface area contributed by atoms with Crippen LogP contribution in [0.1, 0.15) is 55.5 Å². The van der Waals surface area contributed by atoms with E-state index in [9.17, 15) is 22.4 Å². The second-order valence-electron chi connectivity index (χ2n) is 9.19. The van der Waals surface area contributed by atoms with Crippen LogP contribution in [-0.2, 0) is 21.4 Å². The molecular weight excluding hydrogens is 481 g/mol. The summed E-state index contributed by atoms with van der Waals surface area (Å²) in [5.74, 6) is -0.673. The summed E-state index contributed by atoms with van der Waals surface area (Å²) in [6, 6.07) is 14.9. The van der Waals surface area contributed by atoms with Crippen LogP contribution < -0.4 is 0 Å². The number of likely N-dealkylation sites (tertiary alicyclic amines) is 1. The fraction of sp³-hybridized carbons (Fsp3) is 0.481. The molecule has 1 saturated heterocycles. The molecule has 0 atom stereocenters. The van der Waals surface area contributed by atoms with Crippen molar-refractivity contribution in [1.82, 2.24) is 14.1 Å². The largest absolute Gasteiger partial charge is 0.338 e. The van der Waals surface area contributed by atoms with E-state index in [4.69, 9.17) is 0 Å². The zero-order valence-electron chi connectivity index (χ0n) is 21.1. The van der Waals surface area contributed by atoms with Crippen molar-refractivity contribution in [2.45, 2.75) is 52.1 Å². The van der Waals surface area contributed by atoms with Gasteiger partial charge in [0, 0.05) is 37.8 Å². The second kappa shape index (κ2) is 13.0. The number of carbonyl (C=O) groups is 2. The summed E-state index contributed by atoms with van der Waals surface area (Å²) >= 11 is 0. The molecule has 0 unspecified atom stereocenters. The third-order valence-corrected chi connectivity index (χ3v) is 8.46. The van der Waals surface area contributed by atoms with E-state index < -0.39 is 10.0 Å². The van der Waals surface area contributed by atoms with E-state index in [2.05, 4.69) is 0 Å². The van der Waals surface area contributed by atoms with Crippen molar-refractivity contribution in [2.75, 3.05) is 31.9 Å². The van der Waals surface area contributed by atoms with Crippen LogP contribution >= 0.6 is 0 Å². The lowest BCUT2D eigenvalue weighted by molar-refractivity contribution is -0.135. The van der Waals surface area contributed by atoms with Gasteiger partial charge in [0.15, 0.2) is 0 Å². The molecule has 1 aliphatic heterocycles. The number of piperidine rings is 1. The summed E-state index contributed by atoms with van der Waals surface area (Å²) in [6.07, 6.45) is 2.25. The van der Waals surface area contributed by atoms with Gasteiger partial charge in [0.1, 0.15) is 5.82 Å². The fourth-order valence-electron chi connectivity index (χ4n) is 4.55. The van der Waals surface area contributed by atoms with Crippen molar-refractivity contribution in [3.8, 4) is 0 Å². The first-order valence-electron chi connectivity index (χ1n) is 12.6. The quantitative estimate of drug-likeness (QED) is 0.453. The van der Waals surface area contributed by atoms with Gasteiger partial charge in [0.25, 0.3) is 5.91 Å². The molecule has 0 aromatic heterocycles. The lowest BCUT2D eigenvalue weighted by atomic mass is 10.0. The second-order valence-corrected chi connectivity index (χ2v) is 11.3. The van der Waals surface area contributed by atoms with Gasteiger partial charge in [-0.05, 0) is 55.5 Å². The number of nitrogens with zero attached hydrogens (tertiary/aromatic N) is 3. The van der Waals surface area contributed by atoms with Crippen molar-refractivity contribution in [1.29, 1.82) is 0 Å². The van der Waals surface area contributed by atoms with Crippen LogP contribution in [0, 0.1) is 5.82 Å². The van der Waals surface area contributed by atoms with E-state index in [-0.39, 0.29) is 49.1 Å². The third-order valence-electron chi connectivity index (χ3n) is 6.44. The molecule has 0 radical (unpaired) electrons. The van der Waals surface area contributed by atoms with Gasteiger partial charge in [-0.1, -0.05) is 44.2 Å². The average molecular weight is 518 g/mol. The highest BCUT2D eigenvalue weighted by Crippen LogP contribution is 2.22. The first kappa shape index (κ1) is 27.8. The van der Waals surface area contributed by atoms with Gasteiger partial charge in [-0.2, -0.15) is 4.31 Å². The van der Waals surface area contributed by atoms with Crippen molar-refractivity contribution in [3.05, 3.63) is 71.5 Å². The third kappa shape index (κ3) is 7.36. The fourth-order valence-corrected chi connectivity index (χ4v) is 6.09. The maximum Gasteiger partial charge on any atom is 0.253 e. The molecule has 2 aromatic rings. The Bertz CT molecular complexity index is 1100. The highest BCUT2D eigenvalue weighted by Gasteiger charge is 2.32. The Morgan fingerprint density at radius 2 is 1.61 bits per heavy atom. The van der Waals surface area contributed by atoms with Crippen LogP contribution in [0.4, 0.5) is 4.39 Å². The molecule has 0 spiro atoms. The molecular formula is C27H36FN3O4S. The lowest BCUT2D eigenvalue weighted by Crippen LogP contribution is -2.51. The Hall–Kier alpha value is -2.78. The first-order valence-corrected chi connectivity index (χ1v) is 14.2. The zero-order chi connectivity index (χ0) is 26.1. The van der Waals surface area contributed by atoms with Gasteiger partial charge in [0.05, 0.1) is 12.3 Å². The minimum absolute atomic E-state index is 0.00176. The van der Waals surface area contributed by atoms with Crippen LogP contribution in [0.3, 0.4) is 0 Å². The normalized spacial score (nSPS) is 14.7. The molecule has 0 saturated carbocycles.